The zero-order valence-electron chi connectivity index (χ0n) is 7.53. The molecule has 2 N–H and O–H groups in total. The molecule has 0 amide bonds. The molecule has 1 rings (SSSR count). The number of halogens is 1. The first kappa shape index (κ1) is 9.98. The molecule has 0 spiro atoms. The fraction of sp³-hybridized carbons (Fsp3) is 0.250. The summed E-state index contributed by atoms with van der Waals surface area (Å²) < 4.78 is 2.47. The number of allylic oxidation sites excluding steroid dienone is 1. The van der Waals surface area contributed by atoms with E-state index in [1.54, 1.807) is 24.1 Å². The van der Waals surface area contributed by atoms with E-state index < -0.39 is 0 Å². The van der Waals surface area contributed by atoms with Crippen LogP contribution in [0.15, 0.2) is 21.9 Å². The van der Waals surface area contributed by atoms with E-state index in [1.165, 1.54) is 0 Å². The molecule has 1 aromatic rings. The summed E-state index contributed by atoms with van der Waals surface area (Å²) >= 11 is 3.32. The van der Waals surface area contributed by atoms with E-state index in [0.29, 0.717) is 5.70 Å². The standard InChI is InChI=1S/C8H11BrN4/c1-11-4-7(9)8(10)6-3-12-13(2)5-6/h3-5H,10H2,1-2H3. The number of hydrogen-bond acceptors (Lipinski definition) is 3. The number of aromatic nitrogens is 2. The highest BCUT2D eigenvalue weighted by Gasteiger charge is 2.02. The third-order valence-corrected chi connectivity index (χ3v) is 2.15. The summed E-state index contributed by atoms with van der Waals surface area (Å²) in [6.45, 7) is 0. The lowest BCUT2D eigenvalue weighted by Gasteiger charge is -1.97. The Kier molecular flexibility index (Phi) is 3.25. The van der Waals surface area contributed by atoms with Crippen molar-refractivity contribution in [2.75, 3.05) is 7.05 Å². The van der Waals surface area contributed by atoms with Crippen molar-refractivity contribution in [2.24, 2.45) is 17.8 Å². The molecule has 0 saturated carbocycles. The quantitative estimate of drug-likeness (QED) is 0.792. The number of rotatable bonds is 2. The fourth-order valence-electron chi connectivity index (χ4n) is 0.881. The van der Waals surface area contributed by atoms with Crippen LogP contribution in [0.3, 0.4) is 0 Å². The summed E-state index contributed by atoms with van der Waals surface area (Å²) in [4.78, 5) is 3.85. The SMILES string of the molecule is CN=CC(Br)=C(N)c1cnn(C)c1. The first-order valence-corrected chi connectivity index (χ1v) is 4.51. The van der Waals surface area contributed by atoms with Gasteiger partial charge in [-0.25, -0.2) is 0 Å². The summed E-state index contributed by atoms with van der Waals surface area (Å²) in [6, 6.07) is 0. The smallest absolute Gasteiger partial charge is 0.0590 e. The van der Waals surface area contributed by atoms with Crippen molar-refractivity contribution in [1.82, 2.24) is 9.78 Å². The van der Waals surface area contributed by atoms with Gasteiger partial charge in [-0.15, -0.1) is 0 Å². The summed E-state index contributed by atoms with van der Waals surface area (Å²) in [6.07, 6.45) is 5.21. The third-order valence-electron chi connectivity index (χ3n) is 1.52. The number of nitrogens with zero attached hydrogens (tertiary/aromatic N) is 3. The highest BCUT2D eigenvalue weighted by Crippen LogP contribution is 2.15. The number of aliphatic imine (C=N–C) groups is 1. The average Bonchev–Trinajstić information content (AvgIpc) is 2.51. The molecular formula is C8H11BrN4. The van der Waals surface area contributed by atoms with Crippen LogP contribution < -0.4 is 5.73 Å². The van der Waals surface area contributed by atoms with Crippen molar-refractivity contribution in [3.05, 3.63) is 22.4 Å². The average molecular weight is 243 g/mol. The molecule has 0 fully saturated rings. The Hall–Kier alpha value is -1.10. The van der Waals surface area contributed by atoms with Gasteiger partial charge in [0.1, 0.15) is 0 Å². The van der Waals surface area contributed by atoms with Crippen molar-refractivity contribution in [2.45, 2.75) is 0 Å². The fourth-order valence-corrected chi connectivity index (χ4v) is 1.31. The van der Waals surface area contributed by atoms with Crippen LogP contribution in [0, 0.1) is 0 Å². The van der Waals surface area contributed by atoms with E-state index in [2.05, 4.69) is 26.0 Å². The Morgan fingerprint density at radius 2 is 2.46 bits per heavy atom. The summed E-state index contributed by atoms with van der Waals surface area (Å²) in [5.41, 5.74) is 7.35. The van der Waals surface area contributed by atoms with Gasteiger partial charge >= 0.3 is 0 Å². The topological polar surface area (TPSA) is 56.2 Å². The summed E-state index contributed by atoms with van der Waals surface area (Å²) in [7, 11) is 3.54. The second-order valence-electron chi connectivity index (χ2n) is 2.55. The zero-order valence-corrected chi connectivity index (χ0v) is 9.12. The van der Waals surface area contributed by atoms with Crippen LogP contribution in [0.4, 0.5) is 0 Å². The molecule has 0 aliphatic carbocycles. The van der Waals surface area contributed by atoms with Crippen LogP contribution in [0.2, 0.25) is 0 Å². The third kappa shape index (κ3) is 2.42. The van der Waals surface area contributed by atoms with Gasteiger partial charge in [-0.3, -0.25) is 9.67 Å². The molecule has 4 nitrogen and oxygen atoms in total. The number of hydrogen-bond donors (Lipinski definition) is 1. The Bertz CT molecular complexity index is 351. The molecule has 5 heteroatoms. The second kappa shape index (κ2) is 4.23. The number of aryl methyl sites for hydroxylation is 1. The maximum absolute atomic E-state index is 5.83. The Balaban J connectivity index is 3.02. The van der Waals surface area contributed by atoms with E-state index >= 15 is 0 Å². The molecule has 0 saturated heterocycles. The van der Waals surface area contributed by atoms with Gasteiger partial charge in [0.2, 0.25) is 0 Å². The van der Waals surface area contributed by atoms with Crippen molar-refractivity contribution >= 4 is 27.8 Å². The molecule has 70 valence electrons. The minimum atomic E-state index is 0.638. The first-order chi connectivity index (χ1) is 6.15. The van der Waals surface area contributed by atoms with Gasteiger partial charge in [-0.05, 0) is 15.9 Å². The van der Waals surface area contributed by atoms with Crippen LogP contribution in [0.5, 0.6) is 0 Å². The van der Waals surface area contributed by atoms with Gasteiger partial charge in [-0.2, -0.15) is 5.10 Å². The van der Waals surface area contributed by atoms with Crippen molar-refractivity contribution < 1.29 is 0 Å². The van der Waals surface area contributed by atoms with Crippen molar-refractivity contribution in [3.63, 3.8) is 0 Å². The Morgan fingerprint density at radius 3 is 2.92 bits per heavy atom. The van der Waals surface area contributed by atoms with Gasteiger partial charge in [-0.1, -0.05) is 0 Å². The minimum Gasteiger partial charge on any atom is -0.397 e. The maximum Gasteiger partial charge on any atom is 0.0590 e. The lowest BCUT2D eigenvalue weighted by atomic mass is 10.2. The maximum atomic E-state index is 5.83. The van der Waals surface area contributed by atoms with Crippen LogP contribution in [-0.2, 0) is 7.05 Å². The monoisotopic (exact) mass is 242 g/mol. The van der Waals surface area contributed by atoms with Gasteiger partial charge in [0, 0.05) is 32.1 Å². The minimum absolute atomic E-state index is 0.638. The van der Waals surface area contributed by atoms with Crippen LogP contribution in [0.25, 0.3) is 5.70 Å². The second-order valence-corrected chi connectivity index (χ2v) is 3.41. The Morgan fingerprint density at radius 1 is 1.77 bits per heavy atom. The van der Waals surface area contributed by atoms with Crippen LogP contribution in [0.1, 0.15) is 5.56 Å². The summed E-state index contributed by atoms with van der Waals surface area (Å²) in [5.74, 6) is 0. The van der Waals surface area contributed by atoms with Crippen LogP contribution >= 0.6 is 15.9 Å². The largest absolute Gasteiger partial charge is 0.397 e. The molecule has 0 radical (unpaired) electrons. The molecule has 0 unspecified atom stereocenters. The van der Waals surface area contributed by atoms with E-state index in [-0.39, 0.29) is 0 Å². The Labute approximate surface area is 85.3 Å². The van der Waals surface area contributed by atoms with Crippen molar-refractivity contribution in [1.29, 1.82) is 0 Å². The van der Waals surface area contributed by atoms with Crippen molar-refractivity contribution in [3.8, 4) is 0 Å². The molecule has 13 heavy (non-hydrogen) atoms. The first-order valence-electron chi connectivity index (χ1n) is 3.71. The van der Waals surface area contributed by atoms with Gasteiger partial charge < -0.3 is 5.73 Å². The molecule has 1 heterocycles. The molecule has 0 bridgehead atoms. The normalized spacial score (nSPS) is 13.5. The lowest BCUT2D eigenvalue weighted by Crippen LogP contribution is -1.98. The van der Waals surface area contributed by atoms with E-state index in [0.717, 1.165) is 10.0 Å². The van der Waals surface area contributed by atoms with Gasteiger partial charge in [0.25, 0.3) is 0 Å². The predicted octanol–water partition coefficient (Wildman–Crippen LogP) is 1.14. The molecule has 0 atom stereocenters. The molecule has 0 aliphatic heterocycles. The molecular weight excluding hydrogens is 232 g/mol. The molecule has 1 aromatic heterocycles. The highest BCUT2D eigenvalue weighted by atomic mass is 79.9. The van der Waals surface area contributed by atoms with Crippen LogP contribution in [-0.4, -0.2) is 23.0 Å². The van der Waals surface area contributed by atoms with Gasteiger partial charge in [0.15, 0.2) is 0 Å². The highest BCUT2D eigenvalue weighted by molar-refractivity contribution is 9.12. The summed E-state index contributed by atoms with van der Waals surface area (Å²) in [5, 5.41) is 4.02. The zero-order chi connectivity index (χ0) is 9.84. The van der Waals surface area contributed by atoms with Gasteiger partial charge in [0.05, 0.1) is 16.4 Å². The lowest BCUT2D eigenvalue weighted by molar-refractivity contribution is 0.767. The molecule has 0 aliphatic rings. The van der Waals surface area contributed by atoms with E-state index in [1.807, 2.05) is 13.2 Å². The molecule has 0 aromatic carbocycles. The number of nitrogens with two attached hydrogens (primary N) is 1. The van der Waals surface area contributed by atoms with E-state index in [9.17, 15) is 0 Å². The van der Waals surface area contributed by atoms with E-state index in [4.69, 9.17) is 5.73 Å². The predicted molar refractivity (Wildman–Crippen MR) is 57.7 cm³/mol.